The van der Waals surface area contributed by atoms with Gasteiger partial charge in [-0.3, -0.25) is 0 Å². The molecule has 0 saturated carbocycles. The summed E-state index contributed by atoms with van der Waals surface area (Å²) in [6, 6.07) is 15.7. The fourth-order valence-electron chi connectivity index (χ4n) is 1.99. The lowest BCUT2D eigenvalue weighted by Gasteiger charge is -2.10. The molecule has 0 spiro atoms. The molecule has 0 aromatic heterocycles. The number of aryl methyl sites for hydroxylation is 1. The van der Waals surface area contributed by atoms with Crippen molar-refractivity contribution in [2.75, 3.05) is 20.6 Å². The van der Waals surface area contributed by atoms with Gasteiger partial charge in [-0.15, -0.1) is 0 Å². The number of rotatable bonds is 6. The summed E-state index contributed by atoms with van der Waals surface area (Å²) in [6.07, 6.45) is 2.26. The van der Waals surface area contributed by atoms with E-state index in [1.54, 1.807) is 0 Å². The average Bonchev–Trinajstić information content (AvgIpc) is 2.40. The van der Waals surface area contributed by atoms with E-state index < -0.39 is 0 Å². The van der Waals surface area contributed by atoms with Gasteiger partial charge in [0.15, 0.2) is 0 Å². The molecule has 106 valence electrons. The molecule has 0 aliphatic heterocycles. The van der Waals surface area contributed by atoms with Crippen LogP contribution in [0.4, 0.5) is 0 Å². The third kappa shape index (κ3) is 4.87. The van der Waals surface area contributed by atoms with E-state index in [1.807, 2.05) is 36.4 Å². The van der Waals surface area contributed by atoms with E-state index in [4.69, 9.17) is 16.3 Å². The molecular formula is C17H20ClNO. The zero-order chi connectivity index (χ0) is 14.4. The zero-order valence-corrected chi connectivity index (χ0v) is 12.7. The maximum atomic E-state index is 5.94. The highest BCUT2D eigenvalue weighted by Crippen LogP contribution is 2.24. The lowest BCUT2D eigenvalue weighted by molar-refractivity contribution is 0.400. The minimum absolute atomic E-state index is 0.683. The summed E-state index contributed by atoms with van der Waals surface area (Å²) in [7, 11) is 4.20. The topological polar surface area (TPSA) is 12.5 Å². The second kappa shape index (κ2) is 7.32. The molecule has 2 aromatic rings. The summed E-state index contributed by atoms with van der Waals surface area (Å²) in [5, 5.41) is 0.683. The fraction of sp³-hybridized carbons (Fsp3) is 0.294. The van der Waals surface area contributed by atoms with Crippen LogP contribution in [0.25, 0.3) is 0 Å². The summed E-state index contributed by atoms with van der Waals surface area (Å²) >= 11 is 5.94. The molecule has 0 aliphatic carbocycles. The summed E-state index contributed by atoms with van der Waals surface area (Å²) in [4.78, 5) is 2.20. The van der Waals surface area contributed by atoms with Crippen LogP contribution in [0.3, 0.4) is 0 Å². The molecule has 0 fully saturated rings. The second-order valence-electron chi connectivity index (χ2n) is 5.11. The molecule has 2 aromatic carbocycles. The van der Waals surface area contributed by atoms with Gasteiger partial charge in [0.05, 0.1) is 0 Å². The van der Waals surface area contributed by atoms with E-state index in [1.165, 1.54) is 12.0 Å². The zero-order valence-electron chi connectivity index (χ0n) is 12.0. The Hall–Kier alpha value is -1.51. The van der Waals surface area contributed by atoms with Gasteiger partial charge in [0.1, 0.15) is 11.5 Å². The molecule has 0 atom stereocenters. The molecule has 20 heavy (non-hydrogen) atoms. The number of ether oxygens (including phenoxy) is 1. The molecule has 0 aliphatic rings. The summed E-state index contributed by atoms with van der Waals surface area (Å²) in [6.45, 7) is 1.11. The van der Waals surface area contributed by atoms with Crippen LogP contribution >= 0.6 is 11.6 Å². The van der Waals surface area contributed by atoms with Gasteiger partial charge in [-0.1, -0.05) is 29.8 Å². The summed E-state index contributed by atoms with van der Waals surface area (Å²) < 4.78 is 5.76. The molecule has 0 saturated heterocycles. The van der Waals surface area contributed by atoms with Crippen molar-refractivity contribution in [3.8, 4) is 11.5 Å². The number of hydrogen-bond donors (Lipinski definition) is 0. The smallest absolute Gasteiger partial charge is 0.128 e. The van der Waals surface area contributed by atoms with E-state index in [2.05, 4.69) is 31.1 Å². The van der Waals surface area contributed by atoms with Crippen molar-refractivity contribution in [1.82, 2.24) is 4.90 Å². The van der Waals surface area contributed by atoms with Gasteiger partial charge in [0, 0.05) is 5.02 Å². The largest absolute Gasteiger partial charge is 0.457 e. The number of hydrogen-bond acceptors (Lipinski definition) is 2. The average molecular weight is 290 g/mol. The highest BCUT2D eigenvalue weighted by Gasteiger charge is 1.99. The highest BCUT2D eigenvalue weighted by atomic mass is 35.5. The Morgan fingerprint density at radius 3 is 2.40 bits per heavy atom. The monoisotopic (exact) mass is 289 g/mol. The Labute approximate surface area is 125 Å². The van der Waals surface area contributed by atoms with Crippen molar-refractivity contribution in [3.63, 3.8) is 0 Å². The van der Waals surface area contributed by atoms with E-state index in [0.717, 1.165) is 24.5 Å². The minimum Gasteiger partial charge on any atom is -0.457 e. The van der Waals surface area contributed by atoms with E-state index in [-0.39, 0.29) is 0 Å². The van der Waals surface area contributed by atoms with E-state index in [0.29, 0.717) is 5.02 Å². The molecule has 0 amide bonds. The first-order chi connectivity index (χ1) is 9.63. The van der Waals surface area contributed by atoms with Crippen LogP contribution in [0.15, 0.2) is 48.5 Å². The molecule has 0 unspecified atom stereocenters. The van der Waals surface area contributed by atoms with Crippen LogP contribution in [-0.4, -0.2) is 25.5 Å². The van der Waals surface area contributed by atoms with Crippen molar-refractivity contribution >= 4 is 11.6 Å². The standard InChI is InChI=1S/C17H20ClNO/c1-19(2)12-4-5-14-8-10-16(11-9-14)20-17-7-3-6-15(18)13-17/h3,6-11,13H,4-5,12H2,1-2H3. The molecule has 0 bridgehead atoms. The van der Waals surface area contributed by atoms with Crippen LogP contribution in [0.5, 0.6) is 11.5 Å². The molecule has 3 heteroatoms. The van der Waals surface area contributed by atoms with E-state index >= 15 is 0 Å². The lowest BCUT2D eigenvalue weighted by Crippen LogP contribution is -2.13. The first-order valence-corrected chi connectivity index (χ1v) is 7.18. The summed E-state index contributed by atoms with van der Waals surface area (Å²) in [5.41, 5.74) is 1.34. The first-order valence-electron chi connectivity index (χ1n) is 6.80. The lowest BCUT2D eigenvalue weighted by atomic mass is 10.1. The van der Waals surface area contributed by atoms with Gasteiger partial charge in [-0.25, -0.2) is 0 Å². The number of halogens is 1. The van der Waals surface area contributed by atoms with Crippen LogP contribution in [0.1, 0.15) is 12.0 Å². The van der Waals surface area contributed by atoms with E-state index in [9.17, 15) is 0 Å². The van der Waals surface area contributed by atoms with Crippen LogP contribution in [-0.2, 0) is 6.42 Å². The Kier molecular flexibility index (Phi) is 5.45. The van der Waals surface area contributed by atoms with Gasteiger partial charge in [0.2, 0.25) is 0 Å². The maximum Gasteiger partial charge on any atom is 0.128 e. The van der Waals surface area contributed by atoms with Gasteiger partial charge >= 0.3 is 0 Å². The van der Waals surface area contributed by atoms with Crippen LogP contribution in [0, 0.1) is 0 Å². The molecule has 0 heterocycles. The van der Waals surface area contributed by atoms with Crippen molar-refractivity contribution in [1.29, 1.82) is 0 Å². The third-order valence-corrected chi connectivity index (χ3v) is 3.26. The third-order valence-electron chi connectivity index (χ3n) is 3.03. The molecule has 0 N–H and O–H groups in total. The van der Waals surface area contributed by atoms with Crippen LogP contribution in [0.2, 0.25) is 5.02 Å². The van der Waals surface area contributed by atoms with Gasteiger partial charge in [-0.2, -0.15) is 0 Å². The Balaban J connectivity index is 1.91. The van der Waals surface area contributed by atoms with Crippen molar-refractivity contribution in [2.24, 2.45) is 0 Å². The second-order valence-corrected chi connectivity index (χ2v) is 5.55. The van der Waals surface area contributed by atoms with Crippen molar-refractivity contribution in [2.45, 2.75) is 12.8 Å². The maximum absolute atomic E-state index is 5.94. The predicted molar refractivity (Wildman–Crippen MR) is 84.8 cm³/mol. The van der Waals surface area contributed by atoms with Gasteiger partial charge in [0.25, 0.3) is 0 Å². The summed E-state index contributed by atoms with van der Waals surface area (Å²) in [5.74, 6) is 1.60. The highest BCUT2D eigenvalue weighted by molar-refractivity contribution is 6.30. The molecule has 2 nitrogen and oxygen atoms in total. The normalized spacial score (nSPS) is 10.8. The molecule has 2 rings (SSSR count). The Morgan fingerprint density at radius 1 is 1.00 bits per heavy atom. The van der Waals surface area contributed by atoms with Crippen LogP contribution < -0.4 is 4.74 Å². The molecular weight excluding hydrogens is 270 g/mol. The molecule has 0 radical (unpaired) electrons. The van der Waals surface area contributed by atoms with Crippen molar-refractivity contribution in [3.05, 3.63) is 59.1 Å². The van der Waals surface area contributed by atoms with Crippen molar-refractivity contribution < 1.29 is 4.74 Å². The minimum atomic E-state index is 0.683. The Morgan fingerprint density at radius 2 is 1.75 bits per heavy atom. The Bertz CT molecular complexity index is 537. The SMILES string of the molecule is CN(C)CCCc1ccc(Oc2cccc(Cl)c2)cc1. The number of nitrogens with zero attached hydrogens (tertiary/aromatic N) is 1. The number of benzene rings is 2. The fourth-order valence-corrected chi connectivity index (χ4v) is 2.17. The quantitative estimate of drug-likeness (QED) is 0.769. The predicted octanol–water partition coefficient (Wildman–Crippen LogP) is 4.63. The van der Waals surface area contributed by atoms with Gasteiger partial charge in [-0.05, 0) is 69.4 Å². The van der Waals surface area contributed by atoms with Gasteiger partial charge < -0.3 is 9.64 Å². The first kappa shape index (κ1) is 14.9.